The van der Waals surface area contributed by atoms with Crippen LogP contribution >= 0.6 is 0 Å². The average Bonchev–Trinajstić information content (AvgIpc) is 2.48. The Kier molecular flexibility index (Phi) is 5.83. The molecule has 1 atom stereocenters. The van der Waals surface area contributed by atoms with Crippen molar-refractivity contribution in [1.82, 2.24) is 5.32 Å². The lowest BCUT2D eigenvalue weighted by molar-refractivity contribution is 0.0167. The number of hydrogen-bond acceptors (Lipinski definition) is 4. The van der Waals surface area contributed by atoms with Gasteiger partial charge in [-0.1, -0.05) is 12.1 Å². The summed E-state index contributed by atoms with van der Waals surface area (Å²) in [6.45, 7) is 2.80. The van der Waals surface area contributed by atoms with Crippen LogP contribution in [0.3, 0.4) is 0 Å². The normalized spacial score (nSPS) is 18.7. The molecule has 1 aliphatic rings. The standard InChI is InChI=1S/C15H21NO4/c17-15(18)13-6-1-2-7-14(13)20-10-8-16-11-12-5-3-4-9-19-12/h1-2,6-7,12,16H,3-5,8-11H2,(H,17,18). The van der Waals surface area contributed by atoms with Crippen LogP contribution in [0.5, 0.6) is 5.75 Å². The van der Waals surface area contributed by atoms with Gasteiger partial charge in [0.25, 0.3) is 0 Å². The first-order valence-electron chi connectivity index (χ1n) is 7.05. The van der Waals surface area contributed by atoms with Gasteiger partial charge in [-0.05, 0) is 31.4 Å². The van der Waals surface area contributed by atoms with Gasteiger partial charge >= 0.3 is 5.97 Å². The summed E-state index contributed by atoms with van der Waals surface area (Å²) in [5, 5.41) is 12.3. The number of hydrogen-bond donors (Lipinski definition) is 2. The molecule has 1 heterocycles. The van der Waals surface area contributed by atoms with Crippen LogP contribution < -0.4 is 10.1 Å². The second-order valence-corrected chi connectivity index (χ2v) is 4.84. The Morgan fingerprint density at radius 3 is 3.00 bits per heavy atom. The van der Waals surface area contributed by atoms with E-state index in [9.17, 15) is 4.79 Å². The molecule has 1 fully saturated rings. The molecular formula is C15H21NO4. The number of aromatic carboxylic acids is 1. The van der Waals surface area contributed by atoms with Crippen LogP contribution in [0.4, 0.5) is 0 Å². The van der Waals surface area contributed by atoms with Crippen LogP contribution in [-0.4, -0.2) is 43.5 Å². The monoisotopic (exact) mass is 279 g/mol. The molecule has 2 N–H and O–H groups in total. The predicted octanol–water partition coefficient (Wildman–Crippen LogP) is 1.92. The number of nitrogens with one attached hydrogen (secondary N) is 1. The summed E-state index contributed by atoms with van der Waals surface area (Å²) in [7, 11) is 0. The summed E-state index contributed by atoms with van der Waals surface area (Å²) < 4.78 is 11.1. The third-order valence-electron chi connectivity index (χ3n) is 3.30. The number of para-hydroxylation sites is 1. The third-order valence-corrected chi connectivity index (χ3v) is 3.30. The van der Waals surface area contributed by atoms with Crippen molar-refractivity contribution in [3.05, 3.63) is 29.8 Å². The molecule has 1 saturated heterocycles. The van der Waals surface area contributed by atoms with Gasteiger partial charge in [0.1, 0.15) is 17.9 Å². The maximum absolute atomic E-state index is 11.0. The van der Waals surface area contributed by atoms with Gasteiger partial charge in [0.15, 0.2) is 0 Å². The Morgan fingerprint density at radius 2 is 2.25 bits per heavy atom. The second-order valence-electron chi connectivity index (χ2n) is 4.84. The summed E-state index contributed by atoms with van der Waals surface area (Å²) in [6.07, 6.45) is 3.80. The van der Waals surface area contributed by atoms with Gasteiger partial charge < -0.3 is 19.9 Å². The summed E-state index contributed by atoms with van der Waals surface area (Å²) >= 11 is 0. The number of rotatable bonds is 7. The Hall–Kier alpha value is -1.59. The fourth-order valence-electron chi connectivity index (χ4n) is 2.23. The van der Waals surface area contributed by atoms with E-state index in [0.717, 1.165) is 26.0 Å². The maximum Gasteiger partial charge on any atom is 0.339 e. The molecule has 1 aliphatic heterocycles. The molecule has 20 heavy (non-hydrogen) atoms. The molecule has 0 radical (unpaired) electrons. The number of benzene rings is 1. The lowest BCUT2D eigenvalue weighted by Crippen LogP contribution is -2.33. The molecule has 110 valence electrons. The van der Waals surface area contributed by atoms with Crippen molar-refractivity contribution in [2.45, 2.75) is 25.4 Å². The average molecular weight is 279 g/mol. The van der Waals surface area contributed by atoms with E-state index in [4.69, 9.17) is 14.6 Å². The van der Waals surface area contributed by atoms with Gasteiger partial charge in [-0.3, -0.25) is 0 Å². The van der Waals surface area contributed by atoms with Crippen LogP contribution in [0.1, 0.15) is 29.6 Å². The predicted molar refractivity (Wildman–Crippen MR) is 75.4 cm³/mol. The topological polar surface area (TPSA) is 67.8 Å². The highest BCUT2D eigenvalue weighted by molar-refractivity contribution is 5.90. The zero-order valence-electron chi connectivity index (χ0n) is 11.5. The van der Waals surface area contributed by atoms with E-state index in [1.807, 2.05) is 0 Å². The van der Waals surface area contributed by atoms with Crippen LogP contribution in [0.25, 0.3) is 0 Å². The lowest BCUT2D eigenvalue weighted by atomic mass is 10.1. The highest BCUT2D eigenvalue weighted by Crippen LogP contribution is 2.17. The lowest BCUT2D eigenvalue weighted by Gasteiger charge is -2.22. The zero-order chi connectivity index (χ0) is 14.2. The smallest absolute Gasteiger partial charge is 0.339 e. The molecule has 0 saturated carbocycles. The van der Waals surface area contributed by atoms with E-state index in [1.54, 1.807) is 24.3 Å². The van der Waals surface area contributed by atoms with E-state index in [2.05, 4.69) is 5.32 Å². The molecule has 1 unspecified atom stereocenters. The van der Waals surface area contributed by atoms with Gasteiger partial charge in [-0.25, -0.2) is 4.79 Å². The SMILES string of the molecule is O=C(O)c1ccccc1OCCNCC1CCCCO1. The molecule has 0 bridgehead atoms. The van der Waals surface area contributed by atoms with Crippen LogP contribution in [0.2, 0.25) is 0 Å². The Bertz CT molecular complexity index is 430. The van der Waals surface area contributed by atoms with E-state index in [0.29, 0.717) is 25.0 Å². The van der Waals surface area contributed by atoms with Gasteiger partial charge in [0, 0.05) is 19.7 Å². The fourth-order valence-corrected chi connectivity index (χ4v) is 2.23. The largest absolute Gasteiger partial charge is 0.491 e. The van der Waals surface area contributed by atoms with Crippen LogP contribution in [-0.2, 0) is 4.74 Å². The van der Waals surface area contributed by atoms with Crippen molar-refractivity contribution >= 4 is 5.97 Å². The first-order chi connectivity index (χ1) is 9.77. The highest BCUT2D eigenvalue weighted by atomic mass is 16.5. The summed E-state index contributed by atoms with van der Waals surface area (Å²) in [5.74, 6) is -0.556. The van der Waals surface area contributed by atoms with Gasteiger partial charge in [-0.15, -0.1) is 0 Å². The first kappa shape index (κ1) is 14.8. The van der Waals surface area contributed by atoms with Crippen LogP contribution in [0, 0.1) is 0 Å². The van der Waals surface area contributed by atoms with Crippen molar-refractivity contribution in [3.63, 3.8) is 0 Å². The molecule has 0 spiro atoms. The minimum Gasteiger partial charge on any atom is -0.491 e. The molecule has 1 aromatic carbocycles. The summed E-state index contributed by atoms with van der Waals surface area (Å²) in [4.78, 5) is 11.0. The van der Waals surface area contributed by atoms with Crippen molar-refractivity contribution in [1.29, 1.82) is 0 Å². The third kappa shape index (κ3) is 4.51. The van der Waals surface area contributed by atoms with E-state index in [-0.39, 0.29) is 5.56 Å². The molecular weight excluding hydrogens is 258 g/mol. The van der Waals surface area contributed by atoms with Crippen molar-refractivity contribution < 1.29 is 19.4 Å². The first-order valence-corrected chi connectivity index (χ1v) is 7.05. The Balaban J connectivity index is 1.67. The van der Waals surface area contributed by atoms with E-state index < -0.39 is 5.97 Å². The maximum atomic E-state index is 11.0. The number of carbonyl (C=O) groups is 1. The van der Waals surface area contributed by atoms with Crippen molar-refractivity contribution in [3.8, 4) is 5.75 Å². The quantitative estimate of drug-likeness (QED) is 0.746. The molecule has 5 heteroatoms. The van der Waals surface area contributed by atoms with Crippen LogP contribution in [0.15, 0.2) is 24.3 Å². The highest BCUT2D eigenvalue weighted by Gasteiger charge is 2.13. The Morgan fingerprint density at radius 1 is 1.40 bits per heavy atom. The minimum absolute atomic E-state index is 0.197. The summed E-state index contributed by atoms with van der Waals surface area (Å²) in [5.41, 5.74) is 0.197. The second kappa shape index (κ2) is 7.87. The minimum atomic E-state index is -0.968. The zero-order valence-corrected chi connectivity index (χ0v) is 11.5. The molecule has 5 nitrogen and oxygen atoms in total. The molecule has 0 aliphatic carbocycles. The number of ether oxygens (including phenoxy) is 2. The summed E-state index contributed by atoms with van der Waals surface area (Å²) in [6, 6.07) is 6.68. The number of carboxylic acids is 1. The number of carboxylic acid groups (broad SMARTS) is 1. The van der Waals surface area contributed by atoms with E-state index >= 15 is 0 Å². The molecule has 0 aromatic heterocycles. The Labute approximate surface area is 118 Å². The molecule has 0 amide bonds. The van der Waals surface area contributed by atoms with Gasteiger partial charge in [-0.2, -0.15) is 0 Å². The fraction of sp³-hybridized carbons (Fsp3) is 0.533. The van der Waals surface area contributed by atoms with Crippen molar-refractivity contribution in [2.75, 3.05) is 26.3 Å². The molecule has 1 aromatic rings. The van der Waals surface area contributed by atoms with Crippen molar-refractivity contribution in [2.24, 2.45) is 0 Å². The molecule has 2 rings (SSSR count). The van der Waals surface area contributed by atoms with E-state index in [1.165, 1.54) is 6.42 Å². The van der Waals surface area contributed by atoms with Gasteiger partial charge in [0.2, 0.25) is 0 Å². The van der Waals surface area contributed by atoms with Gasteiger partial charge in [0.05, 0.1) is 6.10 Å².